The van der Waals surface area contributed by atoms with Crippen LogP contribution in [0.1, 0.15) is 44.7 Å². The van der Waals surface area contributed by atoms with Crippen LogP contribution in [0.25, 0.3) is 0 Å². The molecule has 0 spiro atoms. The molecule has 1 aliphatic rings. The zero-order chi connectivity index (χ0) is 15.4. The SMILES string of the molecule is CC/C1=C\C(N(C)C)[C@@H](C)[C@H](C)Cc2ccccc2CC1. The van der Waals surface area contributed by atoms with Crippen molar-refractivity contribution < 1.29 is 0 Å². The number of hydrogen-bond donors (Lipinski definition) is 0. The third kappa shape index (κ3) is 3.97. The van der Waals surface area contributed by atoms with Crippen molar-refractivity contribution in [1.82, 2.24) is 4.90 Å². The molecule has 1 aliphatic carbocycles. The fourth-order valence-electron chi connectivity index (χ4n) is 3.56. The third-order valence-electron chi connectivity index (χ3n) is 5.27. The average molecular weight is 285 g/mol. The second kappa shape index (κ2) is 7.26. The van der Waals surface area contributed by atoms with E-state index >= 15 is 0 Å². The van der Waals surface area contributed by atoms with Crippen molar-refractivity contribution in [2.45, 2.75) is 52.5 Å². The molecule has 116 valence electrons. The van der Waals surface area contributed by atoms with Crippen LogP contribution < -0.4 is 0 Å². The van der Waals surface area contributed by atoms with Gasteiger partial charge < -0.3 is 4.90 Å². The Hall–Kier alpha value is -1.08. The molecule has 0 N–H and O–H groups in total. The van der Waals surface area contributed by atoms with Crippen molar-refractivity contribution in [3.8, 4) is 0 Å². The number of aryl methyl sites for hydroxylation is 1. The highest BCUT2D eigenvalue weighted by Crippen LogP contribution is 2.29. The monoisotopic (exact) mass is 285 g/mol. The van der Waals surface area contributed by atoms with Gasteiger partial charge in [-0.05, 0) is 62.7 Å². The number of hydrogen-bond acceptors (Lipinski definition) is 1. The van der Waals surface area contributed by atoms with Gasteiger partial charge in [-0.2, -0.15) is 0 Å². The van der Waals surface area contributed by atoms with Crippen LogP contribution >= 0.6 is 0 Å². The van der Waals surface area contributed by atoms with Gasteiger partial charge in [0, 0.05) is 6.04 Å². The maximum absolute atomic E-state index is 2.55. The highest BCUT2D eigenvalue weighted by Gasteiger charge is 2.25. The van der Waals surface area contributed by atoms with E-state index < -0.39 is 0 Å². The highest BCUT2D eigenvalue weighted by atomic mass is 15.1. The Morgan fingerprint density at radius 3 is 2.33 bits per heavy atom. The summed E-state index contributed by atoms with van der Waals surface area (Å²) in [6.07, 6.45) is 7.33. The molecule has 0 amide bonds. The molecule has 1 aromatic rings. The Morgan fingerprint density at radius 2 is 1.71 bits per heavy atom. The third-order valence-corrected chi connectivity index (χ3v) is 5.27. The Kier molecular flexibility index (Phi) is 5.64. The quantitative estimate of drug-likeness (QED) is 0.711. The molecule has 1 nitrogen and oxygen atoms in total. The predicted molar refractivity (Wildman–Crippen MR) is 92.6 cm³/mol. The summed E-state index contributed by atoms with van der Waals surface area (Å²) in [7, 11) is 4.44. The molecule has 0 bridgehead atoms. The number of benzene rings is 1. The van der Waals surface area contributed by atoms with Crippen molar-refractivity contribution in [2.75, 3.05) is 14.1 Å². The standard InChI is InChI=1S/C20H31N/c1-6-17-11-12-18-9-7-8-10-19(18)13-15(2)16(3)20(14-17)21(4)5/h7-10,14-16,20H,6,11-13H2,1-5H3/b17-14+/t15-,16+,20?/m1/s1. The van der Waals surface area contributed by atoms with E-state index in [1.54, 1.807) is 16.7 Å². The van der Waals surface area contributed by atoms with Crippen LogP contribution in [0, 0.1) is 11.8 Å². The molecule has 0 aliphatic heterocycles. The summed E-state index contributed by atoms with van der Waals surface area (Å²) in [4.78, 5) is 2.39. The van der Waals surface area contributed by atoms with Crippen LogP contribution in [0.15, 0.2) is 35.9 Å². The summed E-state index contributed by atoms with van der Waals surface area (Å²) in [6.45, 7) is 7.13. The molecule has 1 aromatic carbocycles. The molecular weight excluding hydrogens is 254 g/mol. The van der Waals surface area contributed by atoms with E-state index in [0.29, 0.717) is 17.9 Å². The number of rotatable bonds is 2. The van der Waals surface area contributed by atoms with Crippen LogP contribution in [0.2, 0.25) is 0 Å². The van der Waals surface area contributed by atoms with Crippen molar-refractivity contribution >= 4 is 0 Å². The van der Waals surface area contributed by atoms with Gasteiger partial charge in [-0.15, -0.1) is 0 Å². The van der Waals surface area contributed by atoms with Crippen molar-refractivity contribution in [1.29, 1.82) is 0 Å². The van der Waals surface area contributed by atoms with E-state index in [9.17, 15) is 0 Å². The van der Waals surface area contributed by atoms with Gasteiger partial charge >= 0.3 is 0 Å². The van der Waals surface area contributed by atoms with Crippen LogP contribution in [-0.2, 0) is 12.8 Å². The lowest BCUT2D eigenvalue weighted by molar-refractivity contribution is 0.212. The normalized spacial score (nSPS) is 29.6. The lowest BCUT2D eigenvalue weighted by Crippen LogP contribution is -2.36. The minimum atomic E-state index is 0.556. The van der Waals surface area contributed by atoms with E-state index in [2.05, 4.69) is 70.1 Å². The molecule has 21 heavy (non-hydrogen) atoms. The lowest BCUT2D eigenvalue weighted by Gasteiger charge is -2.33. The summed E-state index contributed by atoms with van der Waals surface area (Å²) < 4.78 is 0. The number of nitrogens with zero attached hydrogens (tertiary/aromatic N) is 1. The molecule has 0 saturated heterocycles. The average Bonchev–Trinajstić information content (AvgIpc) is 2.47. The molecule has 0 radical (unpaired) electrons. The van der Waals surface area contributed by atoms with E-state index in [1.807, 2.05) is 0 Å². The molecule has 3 atom stereocenters. The summed E-state index contributed by atoms with van der Waals surface area (Å²) in [6, 6.07) is 9.60. The first-order valence-corrected chi connectivity index (χ1v) is 8.45. The second-order valence-electron chi connectivity index (χ2n) is 6.94. The fraction of sp³-hybridized carbons (Fsp3) is 0.600. The Labute approximate surface area is 131 Å². The van der Waals surface area contributed by atoms with E-state index in [4.69, 9.17) is 0 Å². The first-order valence-electron chi connectivity index (χ1n) is 8.45. The van der Waals surface area contributed by atoms with Gasteiger partial charge in [0.15, 0.2) is 0 Å². The molecule has 0 saturated carbocycles. The number of allylic oxidation sites excluding steroid dienone is 1. The first-order chi connectivity index (χ1) is 10.0. The van der Waals surface area contributed by atoms with Gasteiger partial charge in [0.1, 0.15) is 0 Å². The lowest BCUT2D eigenvalue weighted by atomic mass is 9.80. The smallest absolute Gasteiger partial charge is 0.0302 e. The number of fused-ring (bicyclic) bond motifs is 1. The van der Waals surface area contributed by atoms with Gasteiger partial charge in [0.2, 0.25) is 0 Å². The topological polar surface area (TPSA) is 3.24 Å². The fourth-order valence-corrected chi connectivity index (χ4v) is 3.56. The van der Waals surface area contributed by atoms with E-state index in [-0.39, 0.29) is 0 Å². The van der Waals surface area contributed by atoms with Gasteiger partial charge in [-0.25, -0.2) is 0 Å². The van der Waals surface area contributed by atoms with Gasteiger partial charge in [-0.3, -0.25) is 0 Å². The minimum absolute atomic E-state index is 0.556. The van der Waals surface area contributed by atoms with Crippen LogP contribution in [0.3, 0.4) is 0 Å². The van der Waals surface area contributed by atoms with Crippen LogP contribution in [0.4, 0.5) is 0 Å². The van der Waals surface area contributed by atoms with E-state index in [0.717, 1.165) is 0 Å². The summed E-state index contributed by atoms with van der Waals surface area (Å²) in [5.74, 6) is 1.37. The predicted octanol–water partition coefficient (Wildman–Crippen LogP) is 4.71. The Bertz CT molecular complexity index is 486. The maximum Gasteiger partial charge on any atom is 0.0302 e. The molecule has 0 fully saturated rings. The first kappa shape index (κ1) is 16.3. The summed E-state index contributed by atoms with van der Waals surface area (Å²) in [5.41, 5.74) is 4.73. The Morgan fingerprint density at radius 1 is 1.05 bits per heavy atom. The zero-order valence-electron chi connectivity index (χ0n) is 14.4. The zero-order valence-corrected chi connectivity index (χ0v) is 14.4. The summed E-state index contributed by atoms with van der Waals surface area (Å²) in [5, 5.41) is 0. The van der Waals surface area contributed by atoms with Crippen LogP contribution in [-0.4, -0.2) is 25.0 Å². The van der Waals surface area contributed by atoms with Crippen molar-refractivity contribution in [3.63, 3.8) is 0 Å². The molecule has 2 rings (SSSR count). The van der Waals surface area contributed by atoms with E-state index in [1.165, 1.54) is 25.7 Å². The van der Waals surface area contributed by atoms with Gasteiger partial charge in [0.25, 0.3) is 0 Å². The van der Waals surface area contributed by atoms with Gasteiger partial charge in [-0.1, -0.05) is 56.7 Å². The maximum atomic E-state index is 2.55. The molecule has 1 unspecified atom stereocenters. The van der Waals surface area contributed by atoms with Gasteiger partial charge in [0.05, 0.1) is 0 Å². The minimum Gasteiger partial charge on any atom is -0.303 e. The molecule has 0 heterocycles. The van der Waals surface area contributed by atoms with Crippen LogP contribution in [0.5, 0.6) is 0 Å². The van der Waals surface area contributed by atoms with Crippen molar-refractivity contribution in [3.05, 3.63) is 47.0 Å². The summed E-state index contributed by atoms with van der Waals surface area (Å²) >= 11 is 0. The molecular formula is C20H31N. The second-order valence-corrected chi connectivity index (χ2v) is 6.94. The number of likely N-dealkylation sites (N-methyl/N-ethyl adjacent to an activating group) is 1. The highest BCUT2D eigenvalue weighted by molar-refractivity contribution is 5.29. The van der Waals surface area contributed by atoms with Crippen molar-refractivity contribution in [2.24, 2.45) is 11.8 Å². The molecule has 1 heteroatoms. The molecule has 0 aromatic heterocycles. The largest absolute Gasteiger partial charge is 0.303 e. The Balaban J connectivity index is 2.37.